The fourth-order valence-electron chi connectivity index (χ4n) is 6.18. The third-order valence-electron chi connectivity index (χ3n) is 8.78. The summed E-state index contributed by atoms with van der Waals surface area (Å²) in [6, 6.07) is 16.0. The SMILES string of the molecule is CNC1CCN(C(=O)C2CC2)CC1.Nc1ncccc1-c1nc2ccc(-n3cccn3)nc2n1-c1ccc2c(c1)CC(F)C2. The van der Waals surface area contributed by atoms with Crippen LogP contribution in [0.5, 0.6) is 0 Å². The van der Waals surface area contributed by atoms with Gasteiger partial charge in [0.1, 0.15) is 17.5 Å². The topological polar surface area (TPSA) is 120 Å². The van der Waals surface area contributed by atoms with Crippen molar-refractivity contribution >= 4 is 22.9 Å². The largest absolute Gasteiger partial charge is 0.383 e. The number of nitrogen functional groups attached to an aromatic ring is 1. The van der Waals surface area contributed by atoms with Crippen molar-refractivity contribution in [3.63, 3.8) is 0 Å². The molecule has 5 aromatic rings. The molecule has 8 rings (SSSR count). The zero-order valence-electron chi connectivity index (χ0n) is 24.7. The number of fused-ring (bicyclic) bond motifs is 2. The van der Waals surface area contributed by atoms with Gasteiger partial charge in [0, 0.05) is 62.2 Å². The smallest absolute Gasteiger partial charge is 0.225 e. The normalized spacial score (nSPS) is 18.2. The second kappa shape index (κ2) is 11.8. The van der Waals surface area contributed by atoms with Gasteiger partial charge in [0.05, 0.1) is 5.56 Å². The lowest BCUT2D eigenvalue weighted by Gasteiger charge is -2.31. The lowest BCUT2D eigenvalue weighted by molar-refractivity contribution is -0.133. The van der Waals surface area contributed by atoms with Crippen LogP contribution in [0.1, 0.15) is 36.8 Å². The average molecular weight is 594 g/mol. The van der Waals surface area contributed by atoms with Crippen molar-refractivity contribution in [2.24, 2.45) is 5.92 Å². The summed E-state index contributed by atoms with van der Waals surface area (Å²) in [6.45, 7) is 1.92. The highest BCUT2D eigenvalue weighted by atomic mass is 19.1. The summed E-state index contributed by atoms with van der Waals surface area (Å²) in [5.74, 6) is 2.51. The molecule has 226 valence electrons. The van der Waals surface area contributed by atoms with Gasteiger partial charge >= 0.3 is 0 Å². The summed E-state index contributed by atoms with van der Waals surface area (Å²) >= 11 is 0. The molecule has 0 radical (unpaired) electrons. The second-order valence-corrected chi connectivity index (χ2v) is 11.8. The molecule has 1 atom stereocenters. The number of nitrogens with zero attached hydrogens (tertiary/aromatic N) is 7. The Morgan fingerprint density at radius 2 is 1.80 bits per heavy atom. The van der Waals surface area contributed by atoms with Crippen LogP contribution in [0.25, 0.3) is 34.1 Å². The maximum absolute atomic E-state index is 14.0. The van der Waals surface area contributed by atoms with Crippen LogP contribution < -0.4 is 11.1 Å². The molecular formula is C33H36FN9O. The van der Waals surface area contributed by atoms with E-state index in [2.05, 4.69) is 15.4 Å². The first kappa shape index (κ1) is 28.1. The van der Waals surface area contributed by atoms with Gasteiger partial charge in [-0.1, -0.05) is 6.07 Å². The molecule has 0 spiro atoms. The van der Waals surface area contributed by atoms with Crippen molar-refractivity contribution in [2.75, 3.05) is 25.9 Å². The number of alkyl halides is 1. The summed E-state index contributed by atoms with van der Waals surface area (Å²) in [7, 11) is 2.00. The van der Waals surface area contributed by atoms with Crippen molar-refractivity contribution in [2.45, 2.75) is 50.7 Å². The number of hydrogen-bond donors (Lipinski definition) is 2. The van der Waals surface area contributed by atoms with Gasteiger partial charge < -0.3 is 16.0 Å². The van der Waals surface area contributed by atoms with Gasteiger partial charge in [0.2, 0.25) is 5.91 Å². The minimum atomic E-state index is -0.831. The molecule has 11 heteroatoms. The standard InChI is InChI=1S/C23H18FN7.C10H18N2O/c24-16-11-14-4-5-17(13-15(14)12-16)31-22(18-3-1-8-26-21(18)25)28-19-6-7-20(29-23(19)31)30-10-2-9-27-30;1-11-9-4-6-12(7-5-9)10(13)8-2-3-8/h1-10,13,16H,11-12H2,(H2,25,26);8-9,11H,2-7H2,1H3. The Balaban J connectivity index is 0.000000201. The molecule has 2 aliphatic carbocycles. The Labute approximate surface area is 255 Å². The minimum Gasteiger partial charge on any atom is -0.383 e. The molecule has 4 aromatic heterocycles. The molecule has 44 heavy (non-hydrogen) atoms. The van der Waals surface area contributed by atoms with Crippen LogP contribution in [0.3, 0.4) is 0 Å². The van der Waals surface area contributed by atoms with Crippen LogP contribution in [-0.2, 0) is 17.6 Å². The van der Waals surface area contributed by atoms with Gasteiger partial charge in [0.15, 0.2) is 17.3 Å². The summed E-state index contributed by atoms with van der Waals surface area (Å²) in [5, 5.41) is 7.55. The Morgan fingerprint density at radius 3 is 2.52 bits per heavy atom. The lowest BCUT2D eigenvalue weighted by atomic mass is 10.1. The molecule has 1 saturated carbocycles. The highest BCUT2D eigenvalue weighted by Crippen LogP contribution is 2.34. The monoisotopic (exact) mass is 593 g/mol. The van der Waals surface area contributed by atoms with E-state index in [-0.39, 0.29) is 0 Å². The van der Waals surface area contributed by atoms with E-state index in [0.717, 1.165) is 61.1 Å². The van der Waals surface area contributed by atoms with E-state index in [1.165, 1.54) is 0 Å². The van der Waals surface area contributed by atoms with Crippen LogP contribution in [0.4, 0.5) is 10.2 Å². The van der Waals surface area contributed by atoms with Gasteiger partial charge in [0.25, 0.3) is 0 Å². The van der Waals surface area contributed by atoms with E-state index in [0.29, 0.717) is 59.4 Å². The number of nitrogens with two attached hydrogens (primary N) is 1. The molecule has 0 bridgehead atoms. The summed E-state index contributed by atoms with van der Waals surface area (Å²) in [5.41, 5.74) is 11.2. The molecule has 1 unspecified atom stereocenters. The summed E-state index contributed by atoms with van der Waals surface area (Å²) < 4.78 is 17.6. The summed E-state index contributed by atoms with van der Waals surface area (Å²) in [6.07, 6.45) is 9.75. The predicted molar refractivity (Wildman–Crippen MR) is 167 cm³/mol. The first-order valence-electron chi connectivity index (χ1n) is 15.3. The van der Waals surface area contributed by atoms with Crippen LogP contribution in [-0.4, -0.2) is 72.5 Å². The molecule has 10 nitrogen and oxygen atoms in total. The highest BCUT2D eigenvalue weighted by Gasteiger charge is 2.34. The van der Waals surface area contributed by atoms with E-state index in [9.17, 15) is 9.18 Å². The molecular weight excluding hydrogens is 557 g/mol. The quantitative estimate of drug-likeness (QED) is 0.312. The average Bonchev–Trinajstić information content (AvgIpc) is 3.42. The van der Waals surface area contributed by atoms with Crippen LogP contribution in [0.15, 0.2) is 67.1 Å². The Kier molecular flexibility index (Phi) is 7.55. The first-order chi connectivity index (χ1) is 21.5. The van der Waals surface area contributed by atoms with Gasteiger partial charge in [-0.25, -0.2) is 24.0 Å². The molecule has 1 saturated heterocycles. The fourth-order valence-corrected chi connectivity index (χ4v) is 6.18. The number of pyridine rings is 2. The van der Waals surface area contributed by atoms with E-state index in [1.54, 1.807) is 17.1 Å². The second-order valence-electron chi connectivity index (χ2n) is 11.8. The van der Waals surface area contributed by atoms with Crippen molar-refractivity contribution in [1.82, 2.24) is 39.5 Å². The maximum atomic E-state index is 14.0. The highest BCUT2D eigenvalue weighted by molar-refractivity contribution is 5.83. The number of piperidine rings is 1. The zero-order valence-corrected chi connectivity index (χ0v) is 24.7. The van der Waals surface area contributed by atoms with Crippen LogP contribution >= 0.6 is 0 Å². The van der Waals surface area contributed by atoms with Gasteiger partial charge in [-0.05, 0) is 86.3 Å². The molecule has 3 N–H and O–H groups in total. The molecule has 5 heterocycles. The fraction of sp³-hybridized carbons (Fsp3) is 0.364. The maximum Gasteiger partial charge on any atom is 0.225 e. The molecule has 1 aromatic carbocycles. The van der Waals surface area contributed by atoms with E-state index in [4.69, 9.17) is 15.7 Å². The van der Waals surface area contributed by atoms with Crippen molar-refractivity contribution in [3.8, 4) is 22.9 Å². The number of imidazole rings is 1. The molecule has 3 aliphatic rings. The molecule has 1 amide bonds. The third kappa shape index (κ3) is 5.55. The van der Waals surface area contributed by atoms with Crippen LogP contribution in [0, 0.1) is 5.92 Å². The van der Waals surface area contributed by atoms with Gasteiger partial charge in [-0.3, -0.25) is 9.36 Å². The van der Waals surface area contributed by atoms with E-state index < -0.39 is 6.17 Å². The number of carbonyl (C=O) groups is 1. The number of aromatic nitrogens is 6. The van der Waals surface area contributed by atoms with Crippen molar-refractivity contribution < 1.29 is 9.18 Å². The number of rotatable bonds is 5. The molecule has 2 fully saturated rings. The number of likely N-dealkylation sites (tertiary alicyclic amines) is 1. The predicted octanol–water partition coefficient (Wildman–Crippen LogP) is 4.29. The zero-order chi connectivity index (χ0) is 30.2. The number of hydrogen-bond acceptors (Lipinski definition) is 7. The Bertz CT molecular complexity index is 1790. The number of halogens is 1. The number of benzene rings is 1. The van der Waals surface area contributed by atoms with E-state index in [1.807, 2.05) is 71.2 Å². The third-order valence-corrected chi connectivity index (χ3v) is 8.78. The number of amides is 1. The van der Waals surface area contributed by atoms with E-state index >= 15 is 0 Å². The van der Waals surface area contributed by atoms with Crippen molar-refractivity contribution in [3.05, 3.63) is 78.2 Å². The summed E-state index contributed by atoms with van der Waals surface area (Å²) in [4.78, 5) is 27.6. The first-order valence-corrected chi connectivity index (χ1v) is 15.3. The Morgan fingerprint density at radius 1 is 0.977 bits per heavy atom. The lowest BCUT2D eigenvalue weighted by Crippen LogP contribution is -2.44. The Hall–Kier alpha value is -4.64. The molecule has 1 aliphatic heterocycles. The number of carbonyl (C=O) groups excluding carboxylic acids is 1. The van der Waals surface area contributed by atoms with Crippen molar-refractivity contribution in [1.29, 1.82) is 0 Å². The number of nitrogens with one attached hydrogen (secondary N) is 1. The minimum absolute atomic E-state index is 0.385. The van der Waals surface area contributed by atoms with Crippen LogP contribution in [0.2, 0.25) is 0 Å². The van der Waals surface area contributed by atoms with Gasteiger partial charge in [-0.15, -0.1) is 0 Å². The number of anilines is 1. The van der Waals surface area contributed by atoms with Gasteiger partial charge in [-0.2, -0.15) is 5.10 Å².